The maximum atomic E-state index is 11.7. The summed E-state index contributed by atoms with van der Waals surface area (Å²) in [6, 6.07) is 7.72. The quantitative estimate of drug-likeness (QED) is 0.509. The number of hydrogen-bond donors (Lipinski definition) is 0. The highest BCUT2D eigenvalue weighted by molar-refractivity contribution is 6.22. The summed E-state index contributed by atoms with van der Waals surface area (Å²) in [4.78, 5) is 23.4. The Morgan fingerprint density at radius 1 is 0.824 bits per heavy atom. The molecular weight excluding hydrogens is 216 g/mol. The fourth-order valence-electron chi connectivity index (χ4n) is 2.82. The molecule has 0 fully saturated rings. The smallest absolute Gasteiger partial charge is 0.347 e. The van der Waals surface area contributed by atoms with E-state index in [1.165, 1.54) is 5.56 Å². The zero-order chi connectivity index (χ0) is 11.6. The number of carbonyl (C=O) groups excluding carboxylic acids is 2. The lowest BCUT2D eigenvalue weighted by Gasteiger charge is -2.23. The molecule has 3 nitrogen and oxygen atoms in total. The Bertz CT molecular complexity index is 713. The average molecular weight is 224 g/mol. The maximum absolute atomic E-state index is 11.7. The number of ether oxygens (including phenoxy) is 1. The Labute approximate surface area is 97.0 Å². The number of hydrogen-bond acceptors (Lipinski definition) is 3. The van der Waals surface area contributed by atoms with Crippen LogP contribution >= 0.6 is 0 Å². The van der Waals surface area contributed by atoms with Gasteiger partial charge < -0.3 is 4.74 Å². The highest BCUT2D eigenvalue weighted by atomic mass is 16.6. The molecule has 4 rings (SSSR count). The van der Waals surface area contributed by atoms with E-state index in [2.05, 4.69) is 0 Å². The van der Waals surface area contributed by atoms with Crippen molar-refractivity contribution in [2.45, 2.75) is 12.8 Å². The summed E-state index contributed by atoms with van der Waals surface area (Å²) in [5, 5.41) is 1.93. The monoisotopic (exact) mass is 224 g/mol. The number of aryl methyl sites for hydroxylation is 1. The molecule has 1 aliphatic heterocycles. The Kier molecular flexibility index (Phi) is 1.44. The molecule has 0 radical (unpaired) electrons. The fraction of sp³-hybridized carbons (Fsp3) is 0.143. The van der Waals surface area contributed by atoms with Gasteiger partial charge in [0.25, 0.3) is 0 Å². The Morgan fingerprint density at radius 3 is 2.18 bits per heavy atom. The van der Waals surface area contributed by atoms with Gasteiger partial charge in [0.05, 0.1) is 11.1 Å². The molecule has 0 amide bonds. The number of carbonyl (C=O) groups is 2. The van der Waals surface area contributed by atoms with Gasteiger partial charge >= 0.3 is 11.9 Å². The first-order chi connectivity index (χ1) is 8.27. The highest BCUT2D eigenvalue weighted by Gasteiger charge is 2.38. The topological polar surface area (TPSA) is 43.4 Å². The minimum Gasteiger partial charge on any atom is -0.386 e. The summed E-state index contributed by atoms with van der Waals surface area (Å²) in [6.07, 6.45) is 1.84. The van der Waals surface area contributed by atoms with E-state index in [1.807, 2.05) is 24.3 Å². The maximum Gasteiger partial charge on any atom is 0.347 e. The van der Waals surface area contributed by atoms with Crippen LogP contribution in [0.25, 0.3) is 10.8 Å². The van der Waals surface area contributed by atoms with Gasteiger partial charge in [0.1, 0.15) is 0 Å². The van der Waals surface area contributed by atoms with Crippen LogP contribution in [0.15, 0.2) is 24.3 Å². The minimum atomic E-state index is -0.504. The summed E-state index contributed by atoms with van der Waals surface area (Å²) in [5.74, 6) is -0.984. The molecule has 1 heterocycles. The number of rotatable bonds is 0. The lowest BCUT2D eigenvalue weighted by molar-refractivity contribution is 0.0444. The van der Waals surface area contributed by atoms with E-state index in [9.17, 15) is 9.59 Å². The largest absolute Gasteiger partial charge is 0.386 e. The lowest BCUT2D eigenvalue weighted by Crippen LogP contribution is -2.15. The normalized spacial score (nSPS) is 16.5. The van der Waals surface area contributed by atoms with Gasteiger partial charge in [0.15, 0.2) is 0 Å². The van der Waals surface area contributed by atoms with Crippen LogP contribution in [0.2, 0.25) is 0 Å². The second kappa shape index (κ2) is 2.74. The van der Waals surface area contributed by atoms with E-state index in [0.717, 1.165) is 29.2 Å². The van der Waals surface area contributed by atoms with Crippen molar-refractivity contribution in [1.82, 2.24) is 0 Å². The third kappa shape index (κ3) is 0.923. The molecule has 0 unspecified atom stereocenters. The summed E-state index contributed by atoms with van der Waals surface area (Å²) >= 11 is 0. The van der Waals surface area contributed by atoms with Crippen LogP contribution in [0.1, 0.15) is 31.8 Å². The summed E-state index contributed by atoms with van der Waals surface area (Å²) in [5.41, 5.74) is 3.18. The first-order valence-electron chi connectivity index (χ1n) is 5.60. The molecule has 0 bridgehead atoms. The SMILES string of the molecule is O=C1OC(=O)c2c1c1c(c3ccccc23)CC1. The molecule has 1 aliphatic carbocycles. The lowest BCUT2D eigenvalue weighted by atomic mass is 9.79. The molecule has 0 saturated carbocycles. The summed E-state index contributed by atoms with van der Waals surface area (Å²) in [7, 11) is 0. The van der Waals surface area contributed by atoms with Crippen LogP contribution in [-0.4, -0.2) is 11.9 Å². The number of cyclic esters (lactones) is 2. The Hall–Kier alpha value is -2.16. The van der Waals surface area contributed by atoms with Crippen LogP contribution in [-0.2, 0) is 17.6 Å². The van der Waals surface area contributed by atoms with Crippen molar-refractivity contribution in [1.29, 1.82) is 0 Å². The molecular formula is C14H8O3. The molecule has 17 heavy (non-hydrogen) atoms. The highest BCUT2D eigenvalue weighted by Crippen LogP contribution is 2.40. The predicted octanol–water partition coefficient (Wildman–Crippen LogP) is 2.25. The van der Waals surface area contributed by atoms with Crippen molar-refractivity contribution in [3.05, 3.63) is 46.5 Å². The van der Waals surface area contributed by atoms with Gasteiger partial charge in [-0.3, -0.25) is 0 Å². The number of benzene rings is 2. The number of fused-ring (bicyclic) bond motifs is 6. The standard InChI is InChI=1S/C14H8O3/c15-13-11-9-4-2-1-3-7(9)8-5-6-10(8)12(11)14(16)17-13/h1-4H,5-6H2. The van der Waals surface area contributed by atoms with E-state index in [1.54, 1.807) is 0 Å². The number of esters is 2. The van der Waals surface area contributed by atoms with Crippen molar-refractivity contribution in [2.75, 3.05) is 0 Å². The van der Waals surface area contributed by atoms with Gasteiger partial charge in [-0.05, 0) is 34.7 Å². The molecule has 82 valence electrons. The second-order valence-electron chi connectivity index (χ2n) is 4.43. The van der Waals surface area contributed by atoms with E-state index >= 15 is 0 Å². The predicted molar refractivity (Wildman–Crippen MR) is 61.1 cm³/mol. The zero-order valence-electron chi connectivity index (χ0n) is 8.95. The van der Waals surface area contributed by atoms with Crippen molar-refractivity contribution in [3.8, 4) is 0 Å². The summed E-state index contributed by atoms with van der Waals surface area (Å²) < 4.78 is 4.73. The first-order valence-corrected chi connectivity index (χ1v) is 5.60. The van der Waals surface area contributed by atoms with Crippen molar-refractivity contribution in [2.24, 2.45) is 0 Å². The third-order valence-corrected chi connectivity index (χ3v) is 3.66. The zero-order valence-corrected chi connectivity index (χ0v) is 8.95. The summed E-state index contributed by atoms with van der Waals surface area (Å²) in [6.45, 7) is 0. The van der Waals surface area contributed by atoms with Gasteiger partial charge in [-0.15, -0.1) is 0 Å². The van der Waals surface area contributed by atoms with Gasteiger partial charge in [0, 0.05) is 0 Å². The molecule has 2 aliphatic rings. The second-order valence-corrected chi connectivity index (χ2v) is 4.43. The van der Waals surface area contributed by atoms with Crippen LogP contribution in [0.3, 0.4) is 0 Å². The van der Waals surface area contributed by atoms with Gasteiger partial charge in [-0.2, -0.15) is 0 Å². The molecule has 0 N–H and O–H groups in total. The molecule has 2 aromatic rings. The van der Waals surface area contributed by atoms with Crippen LogP contribution in [0.5, 0.6) is 0 Å². The molecule has 0 spiro atoms. The van der Waals surface area contributed by atoms with Crippen molar-refractivity contribution in [3.63, 3.8) is 0 Å². The van der Waals surface area contributed by atoms with E-state index in [-0.39, 0.29) is 0 Å². The fourth-order valence-corrected chi connectivity index (χ4v) is 2.82. The van der Waals surface area contributed by atoms with Gasteiger partial charge in [0.2, 0.25) is 0 Å². The third-order valence-electron chi connectivity index (χ3n) is 3.66. The molecule has 3 heteroatoms. The Morgan fingerprint density at radius 2 is 1.47 bits per heavy atom. The van der Waals surface area contributed by atoms with Crippen LogP contribution < -0.4 is 0 Å². The van der Waals surface area contributed by atoms with Gasteiger partial charge in [-0.1, -0.05) is 24.3 Å². The Balaban J connectivity index is 2.28. The van der Waals surface area contributed by atoms with E-state index < -0.39 is 11.9 Å². The van der Waals surface area contributed by atoms with Crippen molar-refractivity contribution >= 4 is 22.7 Å². The molecule has 2 aromatic carbocycles. The average Bonchev–Trinajstić information content (AvgIpc) is 2.54. The first kappa shape index (κ1) is 8.93. The molecule has 0 atom stereocenters. The van der Waals surface area contributed by atoms with E-state index in [4.69, 9.17) is 4.74 Å². The van der Waals surface area contributed by atoms with Gasteiger partial charge in [-0.25, -0.2) is 9.59 Å². The van der Waals surface area contributed by atoms with Crippen molar-refractivity contribution < 1.29 is 14.3 Å². The van der Waals surface area contributed by atoms with Crippen LogP contribution in [0.4, 0.5) is 0 Å². The van der Waals surface area contributed by atoms with Crippen LogP contribution in [0, 0.1) is 0 Å². The van der Waals surface area contributed by atoms with E-state index in [0.29, 0.717) is 11.1 Å². The molecule has 0 saturated heterocycles. The minimum absolute atomic E-state index is 0.462. The molecule has 0 aromatic heterocycles.